The molecule has 0 saturated carbocycles. The second-order valence-electron chi connectivity index (χ2n) is 8.50. The highest BCUT2D eigenvalue weighted by atomic mass is 16.5. The highest BCUT2D eigenvalue weighted by Gasteiger charge is 2.29. The van der Waals surface area contributed by atoms with E-state index in [1.165, 1.54) is 0 Å². The van der Waals surface area contributed by atoms with Gasteiger partial charge in [0.1, 0.15) is 17.4 Å². The zero-order valence-electron chi connectivity index (χ0n) is 19.1. The number of hydrogen-bond acceptors (Lipinski definition) is 6. The lowest BCUT2D eigenvalue weighted by Crippen LogP contribution is -2.40. The molecule has 8 nitrogen and oxygen atoms in total. The van der Waals surface area contributed by atoms with Gasteiger partial charge in [0.05, 0.1) is 25.8 Å². The lowest BCUT2D eigenvalue weighted by molar-refractivity contribution is -0.131. The van der Waals surface area contributed by atoms with Crippen LogP contribution >= 0.6 is 0 Å². The van der Waals surface area contributed by atoms with E-state index in [9.17, 15) is 9.59 Å². The molecule has 1 atom stereocenters. The standard InChI is InChI=1S/C24H31N5O3/c1-16(30)28-10-5-7-18(14-28)23-26-21-15-29(11-9-20(21)24(25-2)27-23)22(31)13-17-6-4-8-19(12-17)32-3/h4,6,8,12,18H,5,7,9-11,13-15H2,1-3H3,(H,25,26,27)/t18-/m1/s1. The van der Waals surface area contributed by atoms with Crippen molar-refractivity contribution in [3.05, 3.63) is 46.9 Å². The molecule has 2 aliphatic rings. The molecule has 0 aliphatic carbocycles. The molecule has 0 radical (unpaired) electrons. The van der Waals surface area contributed by atoms with Crippen molar-refractivity contribution in [1.29, 1.82) is 0 Å². The van der Waals surface area contributed by atoms with Crippen molar-refractivity contribution in [2.75, 3.05) is 39.1 Å². The van der Waals surface area contributed by atoms with E-state index in [1.54, 1.807) is 14.0 Å². The lowest BCUT2D eigenvalue weighted by atomic mass is 9.96. The number of anilines is 1. The van der Waals surface area contributed by atoms with Crippen molar-refractivity contribution in [1.82, 2.24) is 19.8 Å². The van der Waals surface area contributed by atoms with Gasteiger partial charge in [-0.25, -0.2) is 9.97 Å². The lowest BCUT2D eigenvalue weighted by Gasteiger charge is -2.33. The highest BCUT2D eigenvalue weighted by molar-refractivity contribution is 5.79. The number of amides is 2. The van der Waals surface area contributed by atoms with Gasteiger partial charge in [0.2, 0.25) is 11.8 Å². The molecule has 2 amide bonds. The average molecular weight is 438 g/mol. The fourth-order valence-corrected chi connectivity index (χ4v) is 4.59. The molecule has 0 spiro atoms. The van der Waals surface area contributed by atoms with E-state index in [-0.39, 0.29) is 17.7 Å². The summed E-state index contributed by atoms with van der Waals surface area (Å²) in [6.07, 6.45) is 2.97. The van der Waals surface area contributed by atoms with Gasteiger partial charge < -0.3 is 19.9 Å². The van der Waals surface area contributed by atoms with Gasteiger partial charge in [-0.15, -0.1) is 0 Å². The zero-order valence-corrected chi connectivity index (χ0v) is 19.1. The Bertz CT molecular complexity index is 1010. The number of carbonyl (C=O) groups is 2. The Balaban J connectivity index is 1.53. The SMILES string of the molecule is CNc1nc([C@@H]2CCCN(C(C)=O)C2)nc2c1CCN(C(=O)Cc1cccc(OC)c1)C2. The number of nitrogens with one attached hydrogen (secondary N) is 1. The van der Waals surface area contributed by atoms with E-state index >= 15 is 0 Å². The number of fused-ring (bicyclic) bond motifs is 1. The van der Waals surface area contributed by atoms with Crippen LogP contribution in [0.25, 0.3) is 0 Å². The number of ether oxygens (including phenoxy) is 1. The molecule has 170 valence electrons. The summed E-state index contributed by atoms with van der Waals surface area (Å²) in [5, 5.41) is 3.22. The normalized spacial score (nSPS) is 18.2. The molecular formula is C24H31N5O3. The second-order valence-corrected chi connectivity index (χ2v) is 8.50. The molecule has 1 fully saturated rings. The topological polar surface area (TPSA) is 87.7 Å². The van der Waals surface area contributed by atoms with E-state index in [4.69, 9.17) is 14.7 Å². The van der Waals surface area contributed by atoms with Crippen LogP contribution in [0.3, 0.4) is 0 Å². The van der Waals surface area contributed by atoms with Gasteiger partial charge in [-0.05, 0) is 37.0 Å². The Morgan fingerprint density at radius 1 is 1.22 bits per heavy atom. The van der Waals surface area contributed by atoms with Crippen LogP contribution in [0.2, 0.25) is 0 Å². The first kappa shape index (κ1) is 22.0. The molecule has 1 aromatic heterocycles. The zero-order chi connectivity index (χ0) is 22.7. The van der Waals surface area contributed by atoms with Crippen LogP contribution in [0, 0.1) is 0 Å². The Morgan fingerprint density at radius 3 is 2.81 bits per heavy atom. The maximum Gasteiger partial charge on any atom is 0.227 e. The summed E-state index contributed by atoms with van der Waals surface area (Å²) in [5.41, 5.74) is 2.93. The Labute approximate surface area is 189 Å². The number of rotatable bonds is 5. The molecule has 1 N–H and O–H groups in total. The molecule has 2 aliphatic heterocycles. The molecule has 1 saturated heterocycles. The number of nitrogens with zero attached hydrogens (tertiary/aromatic N) is 4. The number of methoxy groups -OCH3 is 1. The third kappa shape index (κ3) is 4.69. The van der Waals surface area contributed by atoms with Crippen molar-refractivity contribution in [3.63, 3.8) is 0 Å². The van der Waals surface area contributed by atoms with Crippen LogP contribution in [0.5, 0.6) is 5.75 Å². The van der Waals surface area contributed by atoms with E-state index in [0.717, 1.165) is 60.0 Å². The quantitative estimate of drug-likeness (QED) is 0.773. The molecule has 8 heteroatoms. The summed E-state index contributed by atoms with van der Waals surface area (Å²) >= 11 is 0. The largest absolute Gasteiger partial charge is 0.497 e. The van der Waals surface area contributed by atoms with Crippen molar-refractivity contribution in [3.8, 4) is 5.75 Å². The van der Waals surface area contributed by atoms with Crippen molar-refractivity contribution in [2.24, 2.45) is 0 Å². The summed E-state index contributed by atoms with van der Waals surface area (Å²) in [7, 11) is 3.50. The van der Waals surface area contributed by atoms with E-state index < -0.39 is 0 Å². The van der Waals surface area contributed by atoms with Gasteiger partial charge in [-0.3, -0.25) is 9.59 Å². The van der Waals surface area contributed by atoms with Crippen molar-refractivity contribution < 1.29 is 14.3 Å². The Kier molecular flexibility index (Phi) is 6.58. The monoisotopic (exact) mass is 437 g/mol. The van der Waals surface area contributed by atoms with Gasteiger partial charge >= 0.3 is 0 Å². The van der Waals surface area contributed by atoms with Crippen LogP contribution in [0.1, 0.15) is 48.3 Å². The first-order valence-corrected chi connectivity index (χ1v) is 11.2. The first-order chi connectivity index (χ1) is 15.5. The molecule has 3 heterocycles. The summed E-state index contributed by atoms with van der Waals surface area (Å²) in [4.78, 5) is 38.3. The Morgan fingerprint density at radius 2 is 2.06 bits per heavy atom. The maximum atomic E-state index is 13.0. The highest BCUT2D eigenvalue weighted by Crippen LogP contribution is 2.30. The predicted molar refractivity (Wildman–Crippen MR) is 122 cm³/mol. The van der Waals surface area contributed by atoms with E-state index in [0.29, 0.717) is 26.1 Å². The van der Waals surface area contributed by atoms with Gasteiger partial charge in [0.25, 0.3) is 0 Å². The summed E-state index contributed by atoms with van der Waals surface area (Å²) in [6.45, 7) is 4.18. The summed E-state index contributed by atoms with van der Waals surface area (Å²) in [6, 6.07) is 7.63. The maximum absolute atomic E-state index is 13.0. The third-order valence-corrected chi connectivity index (χ3v) is 6.39. The van der Waals surface area contributed by atoms with Gasteiger partial charge in [0.15, 0.2) is 0 Å². The minimum absolute atomic E-state index is 0.0792. The second kappa shape index (κ2) is 9.54. The minimum Gasteiger partial charge on any atom is -0.497 e. The van der Waals surface area contributed by atoms with Gasteiger partial charge in [-0.1, -0.05) is 12.1 Å². The van der Waals surface area contributed by atoms with Crippen molar-refractivity contribution >= 4 is 17.6 Å². The third-order valence-electron chi connectivity index (χ3n) is 6.39. The molecular weight excluding hydrogens is 406 g/mol. The van der Waals surface area contributed by atoms with E-state index in [1.807, 2.05) is 41.1 Å². The number of benzene rings is 1. The summed E-state index contributed by atoms with van der Waals surface area (Å²) < 4.78 is 5.27. The predicted octanol–water partition coefficient (Wildman–Crippen LogP) is 2.38. The molecule has 4 rings (SSSR count). The first-order valence-electron chi connectivity index (χ1n) is 11.2. The van der Waals surface area contributed by atoms with Crippen molar-refractivity contribution in [2.45, 2.75) is 45.1 Å². The fourth-order valence-electron chi connectivity index (χ4n) is 4.59. The smallest absolute Gasteiger partial charge is 0.227 e. The number of piperidine rings is 1. The molecule has 32 heavy (non-hydrogen) atoms. The fraction of sp³-hybridized carbons (Fsp3) is 0.500. The molecule has 1 aromatic carbocycles. The number of likely N-dealkylation sites (tertiary alicyclic amines) is 1. The Hall–Kier alpha value is -3.16. The van der Waals surface area contributed by atoms with Gasteiger partial charge in [0, 0.05) is 45.1 Å². The summed E-state index contributed by atoms with van der Waals surface area (Å²) in [5.74, 6) is 2.65. The molecule has 0 bridgehead atoms. The molecule has 2 aromatic rings. The van der Waals surface area contributed by atoms with Crippen LogP contribution in [-0.4, -0.2) is 65.4 Å². The van der Waals surface area contributed by atoms with Crippen LogP contribution in [-0.2, 0) is 29.0 Å². The number of aromatic nitrogens is 2. The van der Waals surface area contributed by atoms with Crippen LogP contribution in [0.15, 0.2) is 24.3 Å². The van der Waals surface area contributed by atoms with Crippen LogP contribution in [0.4, 0.5) is 5.82 Å². The molecule has 0 unspecified atom stereocenters. The number of hydrogen-bond donors (Lipinski definition) is 1. The number of carbonyl (C=O) groups excluding carboxylic acids is 2. The average Bonchev–Trinajstić information content (AvgIpc) is 2.83. The van der Waals surface area contributed by atoms with Gasteiger partial charge in [-0.2, -0.15) is 0 Å². The van der Waals surface area contributed by atoms with E-state index in [2.05, 4.69) is 5.32 Å². The minimum atomic E-state index is 0.0792. The van der Waals surface area contributed by atoms with Crippen LogP contribution < -0.4 is 10.1 Å².